The van der Waals surface area contributed by atoms with Crippen LogP contribution in [0.3, 0.4) is 0 Å². The highest BCUT2D eigenvalue weighted by atomic mass is 35.5. The molecule has 0 radical (unpaired) electrons. The Morgan fingerprint density at radius 2 is 2.00 bits per heavy atom. The first kappa shape index (κ1) is 26.1. The van der Waals surface area contributed by atoms with Crippen molar-refractivity contribution >= 4 is 50.6 Å². The van der Waals surface area contributed by atoms with Gasteiger partial charge >= 0.3 is 0 Å². The molecule has 0 aliphatic carbocycles. The SMILES string of the molecule is C[C@@H]1CN2c3c4c(nc5c(F)c(-c6cccc7ccc(F)c(Cl)c67)ncc35)OC[C@@H]([C@@H]3CCCN3C)N4C(=O)[C@H]2CN1. The van der Waals surface area contributed by atoms with Crippen molar-refractivity contribution in [3.05, 3.63) is 53.2 Å². The molecule has 216 valence electrons. The molecule has 6 heterocycles. The van der Waals surface area contributed by atoms with Crippen molar-refractivity contribution in [3.63, 3.8) is 0 Å². The Kier molecular flexibility index (Phi) is 5.87. The number of hydrogen-bond donors (Lipinski definition) is 1. The lowest BCUT2D eigenvalue weighted by atomic mass is 9.94. The molecule has 2 aromatic carbocycles. The maximum atomic E-state index is 16.6. The fourth-order valence-electron chi connectivity index (χ4n) is 7.37. The first-order valence-electron chi connectivity index (χ1n) is 14.4. The van der Waals surface area contributed by atoms with Gasteiger partial charge in [-0.05, 0) is 44.8 Å². The van der Waals surface area contributed by atoms with Gasteiger partial charge in [0, 0.05) is 47.7 Å². The third-order valence-corrected chi connectivity index (χ3v) is 9.75. The van der Waals surface area contributed by atoms with Gasteiger partial charge in [-0.25, -0.2) is 13.8 Å². The summed E-state index contributed by atoms with van der Waals surface area (Å²) in [6.45, 7) is 4.35. The average molecular weight is 591 g/mol. The highest BCUT2D eigenvalue weighted by Gasteiger charge is 2.51. The van der Waals surface area contributed by atoms with Gasteiger partial charge in [0.15, 0.2) is 5.82 Å². The Balaban J connectivity index is 1.37. The van der Waals surface area contributed by atoms with Gasteiger partial charge in [0.25, 0.3) is 5.91 Å². The van der Waals surface area contributed by atoms with E-state index in [1.165, 1.54) is 6.07 Å². The lowest BCUT2D eigenvalue weighted by Crippen LogP contribution is -2.68. The number of likely N-dealkylation sites (tertiary alicyclic amines) is 1. The Bertz CT molecular complexity index is 1800. The minimum Gasteiger partial charge on any atom is -0.474 e. The lowest BCUT2D eigenvalue weighted by Gasteiger charge is -2.52. The van der Waals surface area contributed by atoms with Gasteiger partial charge < -0.3 is 19.9 Å². The van der Waals surface area contributed by atoms with E-state index in [-0.39, 0.29) is 52.8 Å². The third kappa shape index (κ3) is 3.61. The quantitative estimate of drug-likeness (QED) is 0.361. The Hall–Kier alpha value is -3.60. The van der Waals surface area contributed by atoms with Gasteiger partial charge in [-0.1, -0.05) is 35.9 Å². The number of anilines is 2. The first-order valence-corrected chi connectivity index (χ1v) is 14.8. The van der Waals surface area contributed by atoms with Gasteiger partial charge in [-0.3, -0.25) is 14.7 Å². The lowest BCUT2D eigenvalue weighted by molar-refractivity contribution is -0.121. The van der Waals surface area contributed by atoms with E-state index in [1.54, 1.807) is 30.5 Å². The van der Waals surface area contributed by atoms with Crippen molar-refractivity contribution in [3.8, 4) is 17.1 Å². The zero-order valence-electron chi connectivity index (χ0n) is 23.2. The summed E-state index contributed by atoms with van der Waals surface area (Å²) in [6.07, 6.45) is 3.65. The predicted octanol–water partition coefficient (Wildman–Crippen LogP) is 4.75. The molecule has 4 aromatic rings. The third-order valence-electron chi connectivity index (χ3n) is 9.38. The predicted molar refractivity (Wildman–Crippen MR) is 158 cm³/mol. The van der Waals surface area contributed by atoms with Crippen molar-refractivity contribution < 1.29 is 18.3 Å². The molecule has 2 saturated heterocycles. The van der Waals surface area contributed by atoms with E-state index in [2.05, 4.69) is 34.1 Å². The van der Waals surface area contributed by atoms with Gasteiger partial charge in [-0.15, -0.1) is 0 Å². The van der Waals surface area contributed by atoms with Gasteiger partial charge in [0.1, 0.15) is 35.4 Å². The number of amides is 1. The van der Waals surface area contributed by atoms with Gasteiger partial charge in [-0.2, -0.15) is 0 Å². The topological polar surface area (TPSA) is 73.8 Å². The van der Waals surface area contributed by atoms with Crippen molar-refractivity contribution in [2.45, 2.75) is 43.9 Å². The molecule has 2 fully saturated rings. The number of nitrogens with one attached hydrogen (secondary N) is 1. The number of pyridine rings is 2. The fraction of sp³-hybridized carbons (Fsp3) is 0.387. The summed E-state index contributed by atoms with van der Waals surface area (Å²) in [4.78, 5) is 29.7. The van der Waals surface area contributed by atoms with E-state index in [1.807, 2.05) is 4.90 Å². The minimum atomic E-state index is -0.649. The number of ether oxygens (including phenoxy) is 1. The van der Waals surface area contributed by atoms with E-state index in [4.69, 9.17) is 21.3 Å². The smallest absolute Gasteiger partial charge is 0.251 e. The molecule has 8 rings (SSSR count). The molecule has 4 aliphatic heterocycles. The van der Waals surface area contributed by atoms with Crippen LogP contribution in [0.1, 0.15) is 19.8 Å². The van der Waals surface area contributed by atoms with E-state index in [0.717, 1.165) is 25.1 Å². The zero-order chi connectivity index (χ0) is 28.9. The molecule has 2 aromatic heterocycles. The molecule has 1 amide bonds. The van der Waals surface area contributed by atoms with Gasteiger partial charge in [0.05, 0.1) is 16.8 Å². The number of halogens is 3. The number of hydrogen-bond acceptors (Lipinski definition) is 7. The number of aromatic nitrogens is 2. The van der Waals surface area contributed by atoms with Crippen LogP contribution < -0.4 is 19.9 Å². The van der Waals surface area contributed by atoms with E-state index in [0.29, 0.717) is 40.5 Å². The summed E-state index contributed by atoms with van der Waals surface area (Å²) in [7, 11) is 2.09. The van der Waals surface area contributed by atoms with Crippen molar-refractivity contribution in [1.29, 1.82) is 0 Å². The molecule has 0 saturated carbocycles. The van der Waals surface area contributed by atoms with Crippen LogP contribution in [0, 0.1) is 11.6 Å². The van der Waals surface area contributed by atoms with Crippen LogP contribution in [0.5, 0.6) is 5.88 Å². The molecule has 1 N–H and O–H groups in total. The molecule has 4 aliphatic rings. The second kappa shape index (κ2) is 9.45. The van der Waals surface area contributed by atoms with Crippen LogP contribution in [-0.4, -0.2) is 78.2 Å². The van der Waals surface area contributed by atoms with Crippen LogP contribution >= 0.6 is 11.6 Å². The Morgan fingerprint density at radius 3 is 2.81 bits per heavy atom. The largest absolute Gasteiger partial charge is 0.474 e. The van der Waals surface area contributed by atoms with Crippen LogP contribution in [-0.2, 0) is 4.79 Å². The summed E-state index contributed by atoms with van der Waals surface area (Å²) in [5.41, 5.74) is 1.81. The number of benzene rings is 2. The Morgan fingerprint density at radius 1 is 1.14 bits per heavy atom. The zero-order valence-corrected chi connectivity index (χ0v) is 24.0. The summed E-state index contributed by atoms with van der Waals surface area (Å²) in [6, 6.07) is 7.80. The van der Waals surface area contributed by atoms with Gasteiger partial charge in [0.2, 0.25) is 5.88 Å². The van der Waals surface area contributed by atoms with E-state index in [9.17, 15) is 9.18 Å². The molecule has 42 heavy (non-hydrogen) atoms. The molecule has 0 spiro atoms. The maximum Gasteiger partial charge on any atom is 0.251 e. The number of nitrogens with zero attached hydrogens (tertiary/aromatic N) is 5. The van der Waals surface area contributed by atoms with Crippen molar-refractivity contribution in [1.82, 2.24) is 20.2 Å². The Labute approximate surface area is 246 Å². The molecule has 0 unspecified atom stereocenters. The molecular formula is C31H29ClF2N6O2. The summed E-state index contributed by atoms with van der Waals surface area (Å²) in [5.74, 6) is -0.987. The second-order valence-corrected chi connectivity index (χ2v) is 12.2. The average Bonchev–Trinajstić information content (AvgIpc) is 3.42. The molecule has 8 nitrogen and oxygen atoms in total. The number of carbonyl (C=O) groups excluding carboxylic acids is 1. The number of fused-ring (bicyclic) bond motifs is 5. The van der Waals surface area contributed by atoms with Crippen molar-refractivity contribution in [2.24, 2.45) is 0 Å². The van der Waals surface area contributed by atoms with Crippen LogP contribution in [0.2, 0.25) is 5.02 Å². The second-order valence-electron chi connectivity index (χ2n) is 11.8. The number of carbonyl (C=O) groups is 1. The molecule has 0 bridgehead atoms. The summed E-state index contributed by atoms with van der Waals surface area (Å²) >= 11 is 6.38. The minimum absolute atomic E-state index is 0.00961. The van der Waals surface area contributed by atoms with E-state index < -0.39 is 17.7 Å². The van der Waals surface area contributed by atoms with Crippen LogP contribution in [0.15, 0.2) is 36.5 Å². The van der Waals surface area contributed by atoms with Crippen LogP contribution in [0.25, 0.3) is 32.9 Å². The normalized spacial score (nSPS) is 25.6. The first-order chi connectivity index (χ1) is 20.3. The summed E-state index contributed by atoms with van der Waals surface area (Å²) < 4.78 is 37.4. The highest BCUT2D eigenvalue weighted by molar-refractivity contribution is 6.36. The van der Waals surface area contributed by atoms with Crippen LogP contribution in [0.4, 0.5) is 20.2 Å². The van der Waals surface area contributed by atoms with E-state index >= 15 is 4.39 Å². The summed E-state index contributed by atoms with van der Waals surface area (Å²) in [5, 5.41) is 4.93. The highest BCUT2D eigenvalue weighted by Crippen LogP contribution is 2.51. The number of rotatable bonds is 2. The molecule has 11 heteroatoms. The van der Waals surface area contributed by atoms with Crippen molar-refractivity contribution in [2.75, 3.05) is 43.1 Å². The molecule has 4 atom stereocenters. The number of likely N-dealkylation sites (N-methyl/N-ethyl adjacent to an activating group) is 1. The maximum absolute atomic E-state index is 16.6. The fourth-order valence-corrected chi connectivity index (χ4v) is 7.64. The molecular weight excluding hydrogens is 562 g/mol. The standard InChI is InChI=1S/C31H29ClF2N6O2/c1-15-13-39-21(12-35-15)31(41)40-22(20-7-4-10-38(20)2)14-42-30-29(40)28(39)18-11-36-26(25(34)27(18)37-30)17-6-3-5-16-8-9-19(33)24(32)23(16)17/h3,5-6,8-9,11,15,20-22,35H,4,7,10,12-14H2,1-2H3/t15-,20+,21-,22+/m1/s1. The monoisotopic (exact) mass is 590 g/mol. The number of piperazine rings is 1.